The molecule has 0 saturated heterocycles. The van der Waals surface area contributed by atoms with Crippen molar-refractivity contribution >= 4 is 27.5 Å². The van der Waals surface area contributed by atoms with E-state index in [0.717, 1.165) is 42.6 Å². The first-order valence-corrected chi connectivity index (χ1v) is 9.47. The van der Waals surface area contributed by atoms with Crippen LogP contribution in [-0.4, -0.2) is 28.1 Å². The van der Waals surface area contributed by atoms with Crippen LogP contribution in [0.2, 0.25) is 0 Å². The molecule has 2 aliphatic rings. The molecular formula is C19H22N2O2S. The number of aliphatic hydroxyl groups is 1. The molecule has 0 bridgehead atoms. The third-order valence-electron chi connectivity index (χ3n) is 5.27. The summed E-state index contributed by atoms with van der Waals surface area (Å²) in [6, 6.07) is 8.12. The fraction of sp³-hybridized carbons (Fsp3) is 0.474. The molecule has 4 nitrogen and oxygen atoms in total. The van der Waals surface area contributed by atoms with Crippen LogP contribution >= 0.6 is 11.3 Å². The summed E-state index contributed by atoms with van der Waals surface area (Å²) in [4.78, 5) is 17.5. The lowest BCUT2D eigenvalue weighted by molar-refractivity contribution is -0.128. The van der Waals surface area contributed by atoms with Crippen LogP contribution in [-0.2, 0) is 4.79 Å². The minimum Gasteiger partial charge on any atom is -0.388 e. The van der Waals surface area contributed by atoms with Crippen LogP contribution in [0.1, 0.15) is 43.0 Å². The van der Waals surface area contributed by atoms with Crippen molar-refractivity contribution in [3.05, 3.63) is 41.4 Å². The molecule has 2 aliphatic carbocycles. The number of hydrogen-bond acceptors (Lipinski definition) is 4. The molecule has 1 aromatic heterocycles. The monoisotopic (exact) mass is 342 g/mol. The fourth-order valence-corrected chi connectivity index (χ4v) is 4.72. The molecule has 1 aromatic carbocycles. The lowest BCUT2D eigenvalue weighted by Gasteiger charge is -2.37. The van der Waals surface area contributed by atoms with Crippen molar-refractivity contribution in [2.75, 3.05) is 6.54 Å². The van der Waals surface area contributed by atoms with Gasteiger partial charge in [-0.25, -0.2) is 4.98 Å². The van der Waals surface area contributed by atoms with Crippen LogP contribution in [0.3, 0.4) is 0 Å². The van der Waals surface area contributed by atoms with Gasteiger partial charge >= 0.3 is 0 Å². The molecule has 1 heterocycles. The summed E-state index contributed by atoms with van der Waals surface area (Å²) in [7, 11) is 0. The molecule has 126 valence electrons. The van der Waals surface area contributed by atoms with Gasteiger partial charge in [0.1, 0.15) is 0 Å². The predicted molar refractivity (Wildman–Crippen MR) is 96.0 cm³/mol. The molecule has 0 aliphatic heterocycles. The molecule has 2 atom stereocenters. The van der Waals surface area contributed by atoms with Gasteiger partial charge in [0.2, 0.25) is 5.91 Å². The number of carbonyl (C=O) groups excluding carboxylic acids is 1. The van der Waals surface area contributed by atoms with Crippen LogP contribution in [0.25, 0.3) is 10.2 Å². The number of nitrogens with one attached hydrogen (secondary N) is 1. The highest BCUT2D eigenvalue weighted by Crippen LogP contribution is 2.39. The highest BCUT2D eigenvalue weighted by molar-refractivity contribution is 7.18. The van der Waals surface area contributed by atoms with E-state index in [1.165, 1.54) is 4.70 Å². The number of thiazole rings is 1. The summed E-state index contributed by atoms with van der Waals surface area (Å²) >= 11 is 1.69. The number of amides is 1. The Morgan fingerprint density at radius 1 is 1.29 bits per heavy atom. The summed E-state index contributed by atoms with van der Waals surface area (Å²) in [6.07, 6.45) is 8.46. The quantitative estimate of drug-likeness (QED) is 0.838. The van der Waals surface area contributed by atoms with Gasteiger partial charge in [-0.15, -0.1) is 11.3 Å². The van der Waals surface area contributed by atoms with Crippen molar-refractivity contribution in [3.8, 4) is 0 Å². The van der Waals surface area contributed by atoms with Crippen molar-refractivity contribution in [1.29, 1.82) is 0 Å². The first-order chi connectivity index (χ1) is 11.6. The minimum absolute atomic E-state index is 0.0453. The second kappa shape index (κ2) is 6.30. The molecule has 2 unspecified atom stereocenters. The second-order valence-corrected chi connectivity index (χ2v) is 8.03. The van der Waals surface area contributed by atoms with Gasteiger partial charge in [-0.1, -0.05) is 24.3 Å². The largest absolute Gasteiger partial charge is 0.388 e. The van der Waals surface area contributed by atoms with Crippen molar-refractivity contribution in [2.24, 2.45) is 5.92 Å². The highest BCUT2D eigenvalue weighted by atomic mass is 32.1. The summed E-state index contributed by atoms with van der Waals surface area (Å²) in [5, 5.41) is 14.2. The fourth-order valence-electron chi connectivity index (χ4n) is 3.57. The molecule has 0 radical (unpaired) electrons. The molecule has 5 heteroatoms. The van der Waals surface area contributed by atoms with Gasteiger partial charge in [-0.2, -0.15) is 0 Å². The minimum atomic E-state index is -0.675. The molecule has 0 spiro atoms. The second-order valence-electron chi connectivity index (χ2n) is 6.97. The molecule has 24 heavy (non-hydrogen) atoms. The maximum absolute atomic E-state index is 12.7. The van der Waals surface area contributed by atoms with Crippen LogP contribution in [0.15, 0.2) is 36.4 Å². The van der Waals surface area contributed by atoms with E-state index >= 15 is 0 Å². The van der Waals surface area contributed by atoms with Crippen LogP contribution in [0.5, 0.6) is 0 Å². The Balaban J connectivity index is 1.52. The van der Waals surface area contributed by atoms with Gasteiger partial charge in [-0.3, -0.25) is 4.79 Å². The topological polar surface area (TPSA) is 62.2 Å². The van der Waals surface area contributed by atoms with Crippen LogP contribution < -0.4 is 5.32 Å². The normalized spacial score (nSPS) is 25.4. The Kier molecular flexibility index (Phi) is 4.14. The van der Waals surface area contributed by atoms with Gasteiger partial charge in [0.25, 0.3) is 0 Å². The number of carbonyl (C=O) groups is 1. The Bertz CT molecular complexity index is 746. The Morgan fingerprint density at radius 2 is 2.08 bits per heavy atom. The zero-order valence-electron chi connectivity index (χ0n) is 13.6. The first-order valence-electron chi connectivity index (χ1n) is 8.65. The highest BCUT2D eigenvalue weighted by Gasteiger charge is 2.37. The van der Waals surface area contributed by atoms with E-state index in [0.29, 0.717) is 6.54 Å². The molecule has 1 saturated carbocycles. The average Bonchev–Trinajstić information content (AvgIpc) is 3.02. The summed E-state index contributed by atoms with van der Waals surface area (Å²) in [5.74, 6) is 0.0756. The summed E-state index contributed by atoms with van der Waals surface area (Å²) in [6.45, 7) is 0.374. The van der Waals surface area contributed by atoms with Gasteiger partial charge in [0.05, 0.1) is 26.7 Å². The number of nitrogens with zero attached hydrogens (tertiary/aromatic N) is 1. The number of aromatic nitrogens is 1. The van der Waals surface area contributed by atoms with Crippen molar-refractivity contribution in [2.45, 2.75) is 43.6 Å². The Morgan fingerprint density at radius 3 is 2.83 bits per heavy atom. The van der Waals surface area contributed by atoms with Gasteiger partial charge in [0.15, 0.2) is 0 Å². The molecular weight excluding hydrogens is 320 g/mol. The van der Waals surface area contributed by atoms with Crippen molar-refractivity contribution in [3.63, 3.8) is 0 Å². The molecule has 4 rings (SSSR count). The molecule has 1 amide bonds. The lowest BCUT2D eigenvalue weighted by atomic mass is 9.79. The maximum atomic E-state index is 12.7. The van der Waals surface area contributed by atoms with E-state index in [-0.39, 0.29) is 17.7 Å². The Hall–Kier alpha value is -1.72. The lowest BCUT2D eigenvalue weighted by Crippen LogP contribution is -2.49. The number of fused-ring (bicyclic) bond motifs is 1. The molecule has 2 N–H and O–H groups in total. The Labute approximate surface area is 145 Å². The zero-order valence-corrected chi connectivity index (χ0v) is 14.4. The zero-order chi connectivity index (χ0) is 16.6. The van der Waals surface area contributed by atoms with E-state index in [1.54, 1.807) is 11.3 Å². The number of allylic oxidation sites excluding steroid dienone is 2. The third kappa shape index (κ3) is 2.98. The maximum Gasteiger partial charge on any atom is 0.224 e. The smallest absolute Gasteiger partial charge is 0.224 e. The standard InChI is InChI=1S/C19H22N2O2S/c22-17(20-12-19(23)10-5-11-19)13-6-1-2-7-14(13)18-21-15-8-3-4-9-16(15)24-18/h1-4,8-9,13-14,23H,5-7,10-12H2,(H,20,22). The molecule has 1 fully saturated rings. The van der Waals surface area contributed by atoms with E-state index in [4.69, 9.17) is 4.98 Å². The number of benzene rings is 1. The predicted octanol–water partition coefficient (Wildman–Crippen LogP) is 3.38. The summed E-state index contributed by atoms with van der Waals surface area (Å²) < 4.78 is 1.17. The van der Waals surface area contributed by atoms with Crippen LogP contribution in [0.4, 0.5) is 0 Å². The van der Waals surface area contributed by atoms with Crippen LogP contribution in [0, 0.1) is 5.92 Å². The van der Waals surface area contributed by atoms with E-state index in [1.807, 2.05) is 18.2 Å². The first kappa shape index (κ1) is 15.8. The van der Waals surface area contributed by atoms with Crippen molar-refractivity contribution < 1.29 is 9.90 Å². The van der Waals surface area contributed by atoms with Crippen molar-refractivity contribution in [1.82, 2.24) is 10.3 Å². The van der Waals surface area contributed by atoms with Gasteiger partial charge in [-0.05, 0) is 44.2 Å². The number of rotatable bonds is 4. The van der Waals surface area contributed by atoms with E-state index in [2.05, 4.69) is 23.5 Å². The van der Waals surface area contributed by atoms with Gasteiger partial charge < -0.3 is 10.4 Å². The SMILES string of the molecule is O=C(NCC1(O)CCC1)C1CC=CCC1c1nc2ccccc2s1. The third-order valence-corrected chi connectivity index (χ3v) is 6.44. The van der Waals surface area contributed by atoms with Gasteiger partial charge in [0, 0.05) is 12.5 Å². The number of para-hydroxylation sites is 1. The molecule has 2 aromatic rings. The number of hydrogen-bond donors (Lipinski definition) is 2. The van der Waals surface area contributed by atoms with E-state index < -0.39 is 5.60 Å². The van der Waals surface area contributed by atoms with E-state index in [9.17, 15) is 9.90 Å². The summed E-state index contributed by atoms with van der Waals surface area (Å²) in [5.41, 5.74) is 0.334. The average molecular weight is 342 g/mol.